The van der Waals surface area contributed by atoms with Gasteiger partial charge in [-0.15, -0.1) is 0 Å². The first-order valence-corrected chi connectivity index (χ1v) is 44.6. The third-order valence-electron chi connectivity index (χ3n) is 21.5. The van der Waals surface area contributed by atoms with Gasteiger partial charge in [0.2, 0.25) is 0 Å². The number of rotatable bonds is 69. The number of hydrogen-bond acceptors (Lipinski definition) is 12. The molecule has 4 aromatic rings. The monoisotopic (exact) mass is 1470 g/mol. The zero-order chi connectivity index (χ0) is 76.6. The first kappa shape index (κ1) is 94.8. The molecule has 4 unspecified atom stereocenters. The molecule has 0 aliphatic carbocycles. The fourth-order valence-electron chi connectivity index (χ4n) is 14.5. The number of unbranched alkanes of at least 4 members (excludes halogenated alkanes) is 48. The number of benzene rings is 3. The van der Waals surface area contributed by atoms with E-state index < -0.39 is 24.1 Å². The molecule has 0 spiro atoms. The summed E-state index contributed by atoms with van der Waals surface area (Å²) in [5.41, 5.74) is 1.18. The summed E-state index contributed by atoms with van der Waals surface area (Å²) in [5, 5.41) is 22.6. The van der Waals surface area contributed by atoms with Gasteiger partial charge in [-0.2, -0.15) is 0 Å². The number of methoxy groups -OCH3 is 1. The van der Waals surface area contributed by atoms with Crippen molar-refractivity contribution in [1.82, 2.24) is 15.0 Å². The first-order valence-electron chi connectivity index (χ1n) is 44.6. The molecule has 0 amide bonds. The van der Waals surface area contributed by atoms with E-state index in [9.17, 15) is 19.8 Å². The number of aromatic nitrogens is 3. The highest BCUT2D eigenvalue weighted by molar-refractivity contribution is 5.76. The van der Waals surface area contributed by atoms with Gasteiger partial charge in [0.1, 0.15) is 28.7 Å². The molecule has 4 rings (SSSR count). The summed E-state index contributed by atoms with van der Waals surface area (Å²) in [6.45, 7) is 17.2. The molecule has 0 aliphatic heterocycles. The third-order valence-corrected chi connectivity index (χ3v) is 21.5. The molecule has 0 bridgehead atoms. The van der Waals surface area contributed by atoms with Gasteiger partial charge in [0.25, 0.3) is 0 Å². The van der Waals surface area contributed by atoms with Gasteiger partial charge in [-0.25, -0.2) is 24.5 Å². The summed E-state index contributed by atoms with van der Waals surface area (Å²) >= 11 is 0. The second-order valence-electron chi connectivity index (χ2n) is 31.4. The third kappa shape index (κ3) is 47.5. The molecule has 12 nitrogen and oxygen atoms in total. The molecular formula is C94H159N3O9. The second-order valence-corrected chi connectivity index (χ2v) is 31.4. The van der Waals surface area contributed by atoms with E-state index in [1.165, 1.54) is 346 Å². The van der Waals surface area contributed by atoms with Gasteiger partial charge in [-0.1, -0.05) is 381 Å². The molecule has 12 heteroatoms. The summed E-state index contributed by atoms with van der Waals surface area (Å²) in [7, 11) is 1.58. The maximum atomic E-state index is 13.5. The number of phenols is 2. The highest BCUT2D eigenvalue weighted by Crippen LogP contribution is 2.37. The number of carbonyl (C=O) groups is 2. The Balaban J connectivity index is 0.000000763. The van der Waals surface area contributed by atoms with E-state index in [-0.39, 0.29) is 58.2 Å². The van der Waals surface area contributed by atoms with E-state index in [0.29, 0.717) is 23.8 Å². The zero-order valence-electron chi connectivity index (χ0n) is 69.7. The molecule has 4 atom stereocenters. The minimum Gasteiger partial charge on any atom is -0.507 e. The SMILES string of the molecule is CCCCCCCCCCCCCCCCC(C)CCCCCCCCCCCCCC.CCCCCCCCCCCCCCCCC(CCCCCCCCCCCCCC)COC(=O)C(C)Oc1ccc(-c2nc(-c3ccc(OC)cc3)nc(-c3ccc(OC(C)C(=O)OCC)cc3O)n2)c(O)c1. The van der Waals surface area contributed by atoms with Crippen LogP contribution in [-0.4, -0.2) is 69.6 Å². The van der Waals surface area contributed by atoms with Crippen molar-refractivity contribution in [2.45, 2.75) is 427 Å². The topological polar surface area (TPSA) is 159 Å². The predicted molar refractivity (Wildman–Crippen MR) is 448 cm³/mol. The van der Waals surface area contributed by atoms with E-state index in [0.717, 1.165) is 31.6 Å². The molecule has 0 saturated heterocycles. The van der Waals surface area contributed by atoms with Crippen LogP contribution in [0.2, 0.25) is 0 Å². The predicted octanol–water partition coefficient (Wildman–Crippen LogP) is 29.1. The lowest BCUT2D eigenvalue weighted by atomic mass is 9.94. The Morgan fingerprint density at radius 3 is 0.877 bits per heavy atom. The molecule has 0 aliphatic rings. The van der Waals surface area contributed by atoms with E-state index in [2.05, 4.69) is 39.6 Å². The number of hydrogen-bond donors (Lipinski definition) is 2. The lowest BCUT2D eigenvalue weighted by Crippen LogP contribution is -2.28. The van der Waals surface area contributed by atoms with Gasteiger partial charge in [-0.05, 0) is 94.0 Å². The van der Waals surface area contributed by atoms with Crippen LogP contribution in [0.3, 0.4) is 0 Å². The van der Waals surface area contributed by atoms with Crippen molar-refractivity contribution in [2.24, 2.45) is 11.8 Å². The summed E-state index contributed by atoms with van der Waals surface area (Å²) in [6.07, 6.45) is 76.0. The van der Waals surface area contributed by atoms with Gasteiger partial charge in [-0.3, -0.25) is 0 Å². The smallest absolute Gasteiger partial charge is 0.347 e. The molecule has 604 valence electrons. The van der Waals surface area contributed by atoms with Crippen molar-refractivity contribution in [3.63, 3.8) is 0 Å². The minimum absolute atomic E-state index is 0.126. The zero-order valence-corrected chi connectivity index (χ0v) is 69.7. The van der Waals surface area contributed by atoms with E-state index in [1.807, 2.05) is 0 Å². The highest BCUT2D eigenvalue weighted by Gasteiger charge is 2.23. The molecular weight excluding hydrogens is 1320 g/mol. The lowest BCUT2D eigenvalue weighted by molar-refractivity contribution is -0.152. The average Bonchev–Trinajstić information content (AvgIpc) is 0.787. The Bertz CT molecular complexity index is 2720. The maximum absolute atomic E-state index is 13.5. The molecule has 0 radical (unpaired) electrons. The van der Waals surface area contributed by atoms with E-state index in [4.69, 9.17) is 33.7 Å². The van der Waals surface area contributed by atoms with Crippen LogP contribution in [0.1, 0.15) is 415 Å². The van der Waals surface area contributed by atoms with Gasteiger partial charge >= 0.3 is 11.9 Å². The number of carbonyl (C=O) groups excluding carboxylic acids is 2. The van der Waals surface area contributed by atoms with Crippen LogP contribution in [0.4, 0.5) is 0 Å². The standard InChI is InChI=1S/C62H93N3O9.C32H66/c1-7-10-12-14-16-18-20-22-23-25-27-29-31-33-35-49(34-32-30-28-26-24-21-19-17-15-13-11-8-2)46-72-62(69)48(5)74-53-41-43-55(57(67)45-53)60-64-58(50-36-38-51(70-6)39-37-50)63-59(65-60)54-42-40-52(44-56(54)66)73-47(4)61(68)71-9-3;1-4-6-8-10-12-14-16-18-19-21-23-25-27-29-31-32(3)30-28-26-24-22-20-17-15-13-11-9-7-5-2/h36-45,47-49,66-67H,7-35,46H2,1-6H3;32H,4-31H2,1-3H3. The van der Waals surface area contributed by atoms with Crippen LogP contribution in [0.15, 0.2) is 60.7 Å². The summed E-state index contributed by atoms with van der Waals surface area (Å²) in [6, 6.07) is 16.4. The van der Waals surface area contributed by atoms with Crippen molar-refractivity contribution in [2.75, 3.05) is 20.3 Å². The number of esters is 2. The highest BCUT2D eigenvalue weighted by atomic mass is 16.6. The van der Waals surface area contributed by atoms with Crippen molar-refractivity contribution < 1.29 is 43.5 Å². The Hall–Kier alpha value is -5.39. The molecule has 0 fully saturated rings. The van der Waals surface area contributed by atoms with Gasteiger partial charge < -0.3 is 33.9 Å². The molecule has 0 saturated carbocycles. The van der Waals surface area contributed by atoms with Crippen molar-refractivity contribution in [3.05, 3.63) is 60.7 Å². The van der Waals surface area contributed by atoms with Crippen LogP contribution in [-0.2, 0) is 19.1 Å². The van der Waals surface area contributed by atoms with Gasteiger partial charge in [0.15, 0.2) is 29.7 Å². The second kappa shape index (κ2) is 65.5. The minimum atomic E-state index is -0.908. The van der Waals surface area contributed by atoms with Crippen molar-refractivity contribution in [3.8, 4) is 62.9 Å². The fraction of sp³-hybridized carbons (Fsp3) is 0.755. The lowest BCUT2D eigenvalue weighted by Gasteiger charge is -2.20. The summed E-state index contributed by atoms with van der Waals surface area (Å²) in [4.78, 5) is 39.7. The van der Waals surface area contributed by atoms with E-state index >= 15 is 0 Å². The maximum Gasteiger partial charge on any atom is 0.347 e. The largest absolute Gasteiger partial charge is 0.507 e. The van der Waals surface area contributed by atoms with E-state index in [1.54, 1.807) is 76.4 Å². The molecule has 1 heterocycles. The molecule has 3 aromatic carbocycles. The number of aromatic hydroxyl groups is 2. The Kier molecular flexibility index (Phi) is 58.6. The van der Waals surface area contributed by atoms with Crippen molar-refractivity contribution in [1.29, 1.82) is 0 Å². The van der Waals surface area contributed by atoms with Crippen LogP contribution < -0.4 is 14.2 Å². The van der Waals surface area contributed by atoms with Crippen LogP contribution in [0.5, 0.6) is 28.7 Å². The number of nitrogens with zero attached hydrogens (tertiary/aromatic N) is 3. The Labute approximate surface area is 649 Å². The number of ether oxygens (including phenoxy) is 5. The molecule has 1 aromatic heterocycles. The summed E-state index contributed by atoms with van der Waals surface area (Å²) < 4.78 is 28.1. The molecule has 2 N–H and O–H groups in total. The van der Waals surface area contributed by atoms with Crippen LogP contribution >= 0.6 is 0 Å². The Morgan fingerprint density at radius 2 is 0.594 bits per heavy atom. The van der Waals surface area contributed by atoms with Crippen molar-refractivity contribution >= 4 is 11.9 Å². The first-order chi connectivity index (χ1) is 51.9. The fourth-order valence-corrected chi connectivity index (χ4v) is 14.5. The average molecular weight is 1480 g/mol. The van der Waals surface area contributed by atoms with Crippen LogP contribution in [0.25, 0.3) is 34.2 Å². The van der Waals surface area contributed by atoms with Gasteiger partial charge in [0.05, 0.1) is 31.5 Å². The van der Waals surface area contributed by atoms with Gasteiger partial charge in [0, 0.05) is 17.7 Å². The normalized spacial score (nSPS) is 12.5. The Morgan fingerprint density at radius 1 is 0.330 bits per heavy atom. The summed E-state index contributed by atoms with van der Waals surface area (Å²) in [5.74, 6) is 1.65. The van der Waals surface area contributed by atoms with Crippen LogP contribution in [0, 0.1) is 11.8 Å². The molecule has 106 heavy (non-hydrogen) atoms. The quantitative estimate of drug-likeness (QED) is 0.0319. The number of phenolic OH excluding ortho intramolecular Hbond substituents is 2.